The maximum absolute atomic E-state index is 12.3. The molecule has 1 fully saturated rings. The SMILES string of the molecule is CC1CCCN(Cc2csc(NC(=O)Cc3csc(-c4ccsc4)n3)n2)C1. The molecule has 1 unspecified atom stereocenters. The number of rotatable bonds is 6. The Balaban J connectivity index is 1.30. The first-order chi connectivity index (χ1) is 13.2. The van der Waals surface area contributed by atoms with E-state index in [-0.39, 0.29) is 12.3 Å². The van der Waals surface area contributed by atoms with Crippen molar-refractivity contribution >= 4 is 45.0 Å². The molecule has 142 valence electrons. The van der Waals surface area contributed by atoms with E-state index in [2.05, 4.69) is 32.5 Å². The molecule has 0 radical (unpaired) electrons. The molecule has 0 bridgehead atoms. The zero-order valence-electron chi connectivity index (χ0n) is 15.2. The number of carbonyl (C=O) groups excluding carboxylic acids is 1. The van der Waals surface area contributed by atoms with Gasteiger partial charge in [-0.05, 0) is 36.8 Å². The lowest BCUT2D eigenvalue weighted by atomic mass is 10.0. The Bertz CT molecular complexity index is 887. The van der Waals surface area contributed by atoms with E-state index in [0.717, 1.165) is 47.5 Å². The number of hydrogen-bond acceptors (Lipinski definition) is 7. The van der Waals surface area contributed by atoms with Crippen LogP contribution in [-0.4, -0.2) is 33.9 Å². The molecule has 3 aromatic rings. The second kappa shape index (κ2) is 8.60. The van der Waals surface area contributed by atoms with Gasteiger partial charge in [0, 0.05) is 34.8 Å². The first kappa shape index (κ1) is 18.7. The van der Waals surface area contributed by atoms with Crippen molar-refractivity contribution < 1.29 is 4.79 Å². The summed E-state index contributed by atoms with van der Waals surface area (Å²) in [6, 6.07) is 2.05. The Morgan fingerprint density at radius 3 is 2.96 bits per heavy atom. The summed E-state index contributed by atoms with van der Waals surface area (Å²) in [6.45, 7) is 5.45. The molecule has 1 atom stereocenters. The van der Waals surface area contributed by atoms with Gasteiger partial charge in [0.2, 0.25) is 5.91 Å². The molecule has 0 spiro atoms. The maximum Gasteiger partial charge on any atom is 0.232 e. The molecule has 4 heterocycles. The molecule has 27 heavy (non-hydrogen) atoms. The third-order valence-electron chi connectivity index (χ3n) is 4.59. The number of thiazole rings is 2. The summed E-state index contributed by atoms with van der Waals surface area (Å²) in [4.78, 5) is 23.9. The van der Waals surface area contributed by atoms with E-state index in [1.807, 2.05) is 22.2 Å². The summed E-state index contributed by atoms with van der Waals surface area (Å²) in [5.41, 5.74) is 2.96. The molecular weight excluding hydrogens is 396 g/mol. The Morgan fingerprint density at radius 1 is 1.26 bits per heavy atom. The van der Waals surface area contributed by atoms with E-state index in [4.69, 9.17) is 0 Å². The topological polar surface area (TPSA) is 58.1 Å². The van der Waals surface area contributed by atoms with Crippen molar-refractivity contribution in [3.8, 4) is 10.6 Å². The Kier molecular flexibility index (Phi) is 5.97. The van der Waals surface area contributed by atoms with Gasteiger partial charge in [-0.2, -0.15) is 11.3 Å². The fourth-order valence-corrected chi connectivity index (χ4v) is 5.58. The molecule has 0 saturated carbocycles. The molecule has 4 rings (SSSR count). The minimum Gasteiger partial charge on any atom is -0.302 e. The van der Waals surface area contributed by atoms with Crippen LogP contribution in [0.4, 0.5) is 5.13 Å². The summed E-state index contributed by atoms with van der Waals surface area (Å²) in [5.74, 6) is 0.693. The highest BCUT2D eigenvalue weighted by Crippen LogP contribution is 2.26. The van der Waals surface area contributed by atoms with Gasteiger partial charge in [-0.1, -0.05) is 6.92 Å². The number of anilines is 1. The van der Waals surface area contributed by atoms with Crippen molar-refractivity contribution in [2.24, 2.45) is 5.92 Å². The number of carbonyl (C=O) groups is 1. The molecule has 0 aromatic carbocycles. The van der Waals surface area contributed by atoms with E-state index >= 15 is 0 Å². The van der Waals surface area contributed by atoms with Crippen molar-refractivity contribution in [2.75, 3.05) is 18.4 Å². The zero-order chi connectivity index (χ0) is 18.6. The summed E-state index contributed by atoms with van der Waals surface area (Å²) in [5, 5.41) is 12.7. The molecule has 1 amide bonds. The van der Waals surface area contributed by atoms with Gasteiger partial charge < -0.3 is 5.32 Å². The number of amides is 1. The van der Waals surface area contributed by atoms with Crippen LogP contribution in [0.1, 0.15) is 31.2 Å². The minimum atomic E-state index is -0.0651. The Morgan fingerprint density at radius 2 is 2.15 bits per heavy atom. The second-order valence-electron chi connectivity index (χ2n) is 7.01. The molecule has 8 heteroatoms. The van der Waals surface area contributed by atoms with Crippen LogP contribution < -0.4 is 5.32 Å². The van der Waals surface area contributed by atoms with Gasteiger partial charge >= 0.3 is 0 Å². The molecule has 0 aliphatic carbocycles. The van der Waals surface area contributed by atoms with Crippen molar-refractivity contribution in [1.29, 1.82) is 0 Å². The standard InChI is InChI=1S/C19H22N4OS3/c1-13-3-2-5-23(8-13)9-16-12-27-19(21-16)22-17(24)7-15-11-26-18(20-15)14-4-6-25-10-14/h4,6,10-13H,2-3,5,7-9H2,1H3,(H,21,22,24). The van der Waals surface area contributed by atoms with Gasteiger partial charge in [0.05, 0.1) is 17.8 Å². The number of thiophene rings is 1. The highest BCUT2D eigenvalue weighted by atomic mass is 32.1. The van der Waals surface area contributed by atoms with E-state index in [1.54, 1.807) is 22.7 Å². The predicted octanol–water partition coefficient (Wildman–Crippen LogP) is 4.74. The largest absolute Gasteiger partial charge is 0.302 e. The van der Waals surface area contributed by atoms with Crippen molar-refractivity contribution in [3.05, 3.63) is 39.0 Å². The minimum absolute atomic E-state index is 0.0651. The highest BCUT2D eigenvalue weighted by Gasteiger charge is 2.18. The Labute approximate surface area is 171 Å². The first-order valence-electron chi connectivity index (χ1n) is 9.09. The predicted molar refractivity (Wildman–Crippen MR) is 114 cm³/mol. The summed E-state index contributed by atoms with van der Waals surface area (Å²) in [6.07, 6.45) is 2.86. The smallest absolute Gasteiger partial charge is 0.232 e. The fraction of sp³-hybridized carbons (Fsp3) is 0.421. The van der Waals surface area contributed by atoms with Gasteiger partial charge in [-0.25, -0.2) is 9.97 Å². The van der Waals surface area contributed by atoms with Crippen LogP contribution in [0.15, 0.2) is 27.6 Å². The van der Waals surface area contributed by atoms with E-state index in [1.165, 1.54) is 24.2 Å². The molecule has 1 aliphatic rings. The summed E-state index contributed by atoms with van der Waals surface area (Å²) < 4.78 is 0. The number of hydrogen-bond donors (Lipinski definition) is 1. The third kappa shape index (κ3) is 5.01. The molecular formula is C19H22N4OS3. The van der Waals surface area contributed by atoms with Crippen molar-refractivity contribution in [3.63, 3.8) is 0 Å². The average Bonchev–Trinajstić information content (AvgIpc) is 3.36. The number of likely N-dealkylation sites (tertiary alicyclic amines) is 1. The van der Waals surface area contributed by atoms with E-state index in [9.17, 15) is 4.79 Å². The molecule has 1 N–H and O–H groups in total. The first-order valence-corrected chi connectivity index (χ1v) is 11.8. The average molecular weight is 419 g/mol. The lowest BCUT2D eigenvalue weighted by Gasteiger charge is -2.30. The van der Waals surface area contributed by atoms with E-state index < -0.39 is 0 Å². The summed E-state index contributed by atoms with van der Waals surface area (Å²) in [7, 11) is 0. The van der Waals surface area contributed by atoms with Crippen LogP contribution in [0.2, 0.25) is 0 Å². The molecule has 1 saturated heterocycles. The number of nitrogens with zero attached hydrogens (tertiary/aromatic N) is 3. The monoisotopic (exact) mass is 418 g/mol. The van der Waals surface area contributed by atoms with Crippen LogP contribution >= 0.6 is 34.0 Å². The number of piperidine rings is 1. The fourth-order valence-electron chi connectivity index (χ4n) is 3.33. The highest BCUT2D eigenvalue weighted by molar-refractivity contribution is 7.14. The van der Waals surface area contributed by atoms with Crippen LogP contribution in [-0.2, 0) is 17.8 Å². The van der Waals surface area contributed by atoms with Gasteiger partial charge in [0.25, 0.3) is 0 Å². The van der Waals surface area contributed by atoms with Crippen LogP contribution in [0.3, 0.4) is 0 Å². The van der Waals surface area contributed by atoms with Crippen molar-refractivity contribution in [2.45, 2.75) is 32.7 Å². The second-order valence-corrected chi connectivity index (χ2v) is 9.50. The van der Waals surface area contributed by atoms with Crippen LogP contribution in [0.25, 0.3) is 10.6 Å². The van der Waals surface area contributed by atoms with Crippen LogP contribution in [0.5, 0.6) is 0 Å². The van der Waals surface area contributed by atoms with Gasteiger partial charge in [0.15, 0.2) is 5.13 Å². The summed E-state index contributed by atoms with van der Waals surface area (Å²) >= 11 is 4.72. The number of nitrogens with one attached hydrogen (secondary N) is 1. The van der Waals surface area contributed by atoms with E-state index in [0.29, 0.717) is 5.13 Å². The Hall–Kier alpha value is -1.61. The number of aromatic nitrogens is 2. The quantitative estimate of drug-likeness (QED) is 0.628. The van der Waals surface area contributed by atoms with Gasteiger partial charge in [0.1, 0.15) is 5.01 Å². The van der Waals surface area contributed by atoms with Gasteiger partial charge in [-0.15, -0.1) is 22.7 Å². The lowest BCUT2D eigenvalue weighted by molar-refractivity contribution is -0.115. The maximum atomic E-state index is 12.3. The molecule has 1 aliphatic heterocycles. The van der Waals surface area contributed by atoms with Gasteiger partial charge in [-0.3, -0.25) is 9.69 Å². The van der Waals surface area contributed by atoms with Crippen LogP contribution in [0, 0.1) is 5.92 Å². The normalized spacial score (nSPS) is 17.9. The van der Waals surface area contributed by atoms with Crippen molar-refractivity contribution in [1.82, 2.24) is 14.9 Å². The molecule has 5 nitrogen and oxygen atoms in total. The lowest BCUT2D eigenvalue weighted by Crippen LogP contribution is -2.33. The molecule has 3 aromatic heterocycles. The third-order valence-corrected chi connectivity index (χ3v) is 7.02. The zero-order valence-corrected chi connectivity index (χ0v) is 17.6.